The van der Waals surface area contributed by atoms with Crippen LogP contribution in [-0.4, -0.2) is 38.4 Å². The molecular weight excluding hydrogens is 360 g/mol. The van der Waals surface area contributed by atoms with Gasteiger partial charge in [-0.25, -0.2) is 4.99 Å². The van der Waals surface area contributed by atoms with Crippen LogP contribution in [0.4, 0.5) is 10.8 Å². The minimum Gasteiger partial charge on any atom is -0.362 e. The number of thiophene rings is 1. The van der Waals surface area contributed by atoms with Gasteiger partial charge in [0.25, 0.3) is 5.56 Å². The summed E-state index contributed by atoms with van der Waals surface area (Å²) in [4.78, 5) is 40.7. The fourth-order valence-electron chi connectivity index (χ4n) is 3.61. The summed E-state index contributed by atoms with van der Waals surface area (Å²) in [6, 6.07) is 1.43. The third-order valence-corrected chi connectivity index (χ3v) is 5.83. The number of nitrogens with one attached hydrogen (secondary N) is 1. The number of carbonyl (C=O) groups is 1. The molecule has 0 amide bonds. The first-order valence-electron chi connectivity index (χ1n) is 7.98. The molecule has 2 atom stereocenters. The minimum atomic E-state index is -1.01. The van der Waals surface area contributed by atoms with Gasteiger partial charge >= 0.3 is 5.00 Å². The van der Waals surface area contributed by atoms with E-state index in [1.54, 1.807) is 26.3 Å². The Kier molecular flexibility index (Phi) is 3.53. The van der Waals surface area contributed by atoms with E-state index >= 15 is 0 Å². The summed E-state index contributed by atoms with van der Waals surface area (Å²) in [6.45, 7) is 3.54. The summed E-state index contributed by atoms with van der Waals surface area (Å²) in [5.41, 5.74) is 0.114. The highest BCUT2D eigenvalue weighted by Crippen LogP contribution is 2.46. The molecule has 26 heavy (non-hydrogen) atoms. The van der Waals surface area contributed by atoms with E-state index in [9.17, 15) is 19.7 Å². The number of aromatic amines is 1. The fraction of sp³-hybridized carbons (Fsp3) is 0.438. The molecule has 2 aromatic heterocycles. The van der Waals surface area contributed by atoms with Crippen LogP contribution in [0.1, 0.15) is 30.9 Å². The fourth-order valence-corrected chi connectivity index (χ4v) is 4.37. The van der Waals surface area contributed by atoms with Gasteiger partial charge < -0.3 is 4.74 Å². The van der Waals surface area contributed by atoms with E-state index in [2.05, 4.69) is 10.1 Å². The normalized spacial score (nSPS) is 24.0. The first-order chi connectivity index (χ1) is 12.2. The lowest BCUT2D eigenvalue weighted by atomic mass is 9.71. The van der Waals surface area contributed by atoms with Gasteiger partial charge in [-0.15, -0.1) is 0 Å². The van der Waals surface area contributed by atoms with Gasteiger partial charge in [0.15, 0.2) is 11.6 Å². The van der Waals surface area contributed by atoms with Crippen LogP contribution in [0.25, 0.3) is 0 Å². The first-order valence-corrected chi connectivity index (χ1v) is 8.86. The van der Waals surface area contributed by atoms with Gasteiger partial charge in [0.05, 0.1) is 28.7 Å². The Balaban J connectivity index is 1.95. The summed E-state index contributed by atoms with van der Waals surface area (Å²) in [5.74, 6) is -1.06. The number of H-pyrrole nitrogens is 1. The van der Waals surface area contributed by atoms with E-state index in [0.29, 0.717) is 22.7 Å². The standard InChI is InChI=1S/C16H16N4O5S/c1-16(2)13(21)11-8(5-25-16)17-14-12(15(22)18-19(14)3)10(11)7-4-9(20(23)24)26-6-7/h4,6,10-11H,5H2,1-3H3,(H,18,22). The molecule has 4 rings (SSSR count). The summed E-state index contributed by atoms with van der Waals surface area (Å²) >= 11 is 0.979. The molecule has 0 aromatic carbocycles. The molecule has 136 valence electrons. The van der Waals surface area contributed by atoms with Crippen LogP contribution in [0.5, 0.6) is 0 Å². The van der Waals surface area contributed by atoms with E-state index in [1.165, 1.54) is 10.7 Å². The number of nitro groups is 1. The molecular formula is C16H16N4O5S. The van der Waals surface area contributed by atoms with Gasteiger partial charge in [0.1, 0.15) is 5.60 Å². The number of carbonyl (C=O) groups excluding carboxylic acids is 1. The second-order valence-electron chi connectivity index (χ2n) is 6.93. The maximum absolute atomic E-state index is 13.1. The molecule has 1 saturated heterocycles. The Hall–Kier alpha value is -2.59. The zero-order valence-electron chi connectivity index (χ0n) is 14.3. The van der Waals surface area contributed by atoms with Crippen molar-refractivity contribution in [1.29, 1.82) is 0 Å². The molecule has 4 heterocycles. The number of aromatic nitrogens is 2. The molecule has 10 heteroatoms. The quantitative estimate of drug-likeness (QED) is 0.634. The zero-order valence-corrected chi connectivity index (χ0v) is 15.1. The number of hydrogen-bond acceptors (Lipinski definition) is 7. The molecule has 1 N–H and O–H groups in total. The van der Waals surface area contributed by atoms with Gasteiger partial charge in [-0.3, -0.25) is 29.5 Å². The first kappa shape index (κ1) is 16.9. The number of Topliss-reactive ketones (excluding diaryl/α,β-unsaturated/α-hetero) is 1. The molecule has 2 unspecified atom stereocenters. The van der Waals surface area contributed by atoms with E-state index in [4.69, 9.17) is 4.74 Å². The molecule has 2 aliphatic rings. The van der Waals surface area contributed by atoms with Crippen LogP contribution in [0.15, 0.2) is 21.2 Å². The molecule has 0 saturated carbocycles. The lowest BCUT2D eigenvalue weighted by Gasteiger charge is -2.40. The summed E-state index contributed by atoms with van der Waals surface area (Å²) in [5, 5.41) is 15.4. The Bertz CT molecular complexity index is 1030. The van der Waals surface area contributed by atoms with Crippen LogP contribution < -0.4 is 5.56 Å². The molecule has 2 aromatic rings. The van der Waals surface area contributed by atoms with Crippen molar-refractivity contribution < 1.29 is 14.5 Å². The second-order valence-corrected chi connectivity index (χ2v) is 7.82. The number of nitrogens with zero attached hydrogens (tertiary/aromatic N) is 3. The number of hydrogen-bond donors (Lipinski definition) is 1. The Morgan fingerprint density at radius 1 is 1.42 bits per heavy atom. The lowest BCUT2D eigenvalue weighted by Crippen LogP contribution is -2.53. The number of rotatable bonds is 2. The van der Waals surface area contributed by atoms with E-state index in [-0.39, 0.29) is 23.0 Å². The zero-order chi connectivity index (χ0) is 18.8. The third kappa shape index (κ3) is 2.29. The Morgan fingerprint density at radius 3 is 2.81 bits per heavy atom. The van der Waals surface area contributed by atoms with Crippen molar-refractivity contribution >= 4 is 33.7 Å². The smallest absolute Gasteiger partial charge is 0.324 e. The number of fused-ring (bicyclic) bond motifs is 2. The molecule has 9 nitrogen and oxygen atoms in total. The average molecular weight is 376 g/mol. The predicted molar refractivity (Wildman–Crippen MR) is 94.5 cm³/mol. The van der Waals surface area contributed by atoms with Crippen molar-refractivity contribution in [3.05, 3.63) is 43.0 Å². The monoisotopic (exact) mass is 376 g/mol. The van der Waals surface area contributed by atoms with E-state index in [1.807, 2.05) is 0 Å². The maximum Gasteiger partial charge on any atom is 0.324 e. The summed E-state index contributed by atoms with van der Waals surface area (Å²) < 4.78 is 7.15. The van der Waals surface area contributed by atoms with Crippen LogP contribution >= 0.6 is 11.3 Å². The average Bonchev–Trinajstić information content (AvgIpc) is 3.16. The highest BCUT2D eigenvalue weighted by molar-refractivity contribution is 7.13. The number of ketones is 1. The third-order valence-electron chi connectivity index (χ3n) is 4.93. The summed E-state index contributed by atoms with van der Waals surface area (Å²) in [6.07, 6.45) is 0. The highest BCUT2D eigenvalue weighted by atomic mass is 32.1. The largest absolute Gasteiger partial charge is 0.362 e. The summed E-state index contributed by atoms with van der Waals surface area (Å²) in [7, 11) is 1.66. The van der Waals surface area contributed by atoms with Crippen molar-refractivity contribution in [3.8, 4) is 0 Å². The Morgan fingerprint density at radius 2 is 2.15 bits per heavy atom. The van der Waals surface area contributed by atoms with Gasteiger partial charge in [-0.1, -0.05) is 11.3 Å². The Labute approximate surface area is 151 Å². The van der Waals surface area contributed by atoms with Crippen molar-refractivity contribution in [1.82, 2.24) is 9.78 Å². The van der Waals surface area contributed by atoms with Crippen LogP contribution in [0.3, 0.4) is 0 Å². The number of aliphatic imine (C=N–C) groups is 1. The number of ether oxygens (including phenoxy) is 1. The van der Waals surface area contributed by atoms with Crippen molar-refractivity contribution in [2.75, 3.05) is 6.61 Å². The lowest BCUT2D eigenvalue weighted by molar-refractivity contribution is -0.380. The van der Waals surface area contributed by atoms with Crippen molar-refractivity contribution in [2.45, 2.75) is 25.4 Å². The van der Waals surface area contributed by atoms with Gasteiger partial charge in [-0.05, 0) is 19.4 Å². The molecule has 0 bridgehead atoms. The maximum atomic E-state index is 13.1. The van der Waals surface area contributed by atoms with Crippen molar-refractivity contribution in [3.63, 3.8) is 0 Å². The second kappa shape index (κ2) is 5.45. The van der Waals surface area contributed by atoms with Gasteiger partial charge in [0.2, 0.25) is 0 Å². The SMILES string of the molecule is Cn1[nH]c(=O)c2c1N=C1COC(C)(C)C(=O)C1C2c1csc([N+](=O)[O-])c1. The minimum absolute atomic E-state index is 0.0308. The molecule has 0 spiro atoms. The molecule has 2 aliphatic heterocycles. The van der Waals surface area contributed by atoms with Crippen molar-refractivity contribution in [2.24, 2.45) is 18.0 Å². The topological polar surface area (TPSA) is 120 Å². The van der Waals surface area contributed by atoms with E-state index < -0.39 is 22.4 Å². The molecule has 0 aliphatic carbocycles. The molecule has 0 radical (unpaired) electrons. The van der Waals surface area contributed by atoms with E-state index in [0.717, 1.165) is 11.3 Å². The van der Waals surface area contributed by atoms with Crippen LogP contribution in [-0.2, 0) is 16.6 Å². The highest BCUT2D eigenvalue weighted by Gasteiger charge is 2.50. The van der Waals surface area contributed by atoms with Gasteiger partial charge in [-0.2, -0.15) is 0 Å². The van der Waals surface area contributed by atoms with Crippen LogP contribution in [0.2, 0.25) is 0 Å². The molecule has 1 fully saturated rings. The van der Waals surface area contributed by atoms with Gasteiger partial charge in [0, 0.05) is 24.4 Å². The van der Waals surface area contributed by atoms with Crippen LogP contribution in [0, 0.1) is 16.0 Å². The predicted octanol–water partition coefficient (Wildman–Crippen LogP) is 1.90. The number of aryl methyl sites for hydroxylation is 1.